The van der Waals surface area contributed by atoms with Gasteiger partial charge in [0.25, 0.3) is 0 Å². The molecule has 1 aromatic carbocycles. The molecule has 0 radical (unpaired) electrons. The van der Waals surface area contributed by atoms with Gasteiger partial charge in [0.15, 0.2) is 0 Å². The zero-order chi connectivity index (χ0) is 42.0. The van der Waals surface area contributed by atoms with Crippen molar-refractivity contribution in [3.05, 3.63) is 45.1 Å². The van der Waals surface area contributed by atoms with Crippen molar-refractivity contribution in [2.75, 3.05) is 0 Å². The van der Waals surface area contributed by atoms with E-state index in [-0.39, 0.29) is 0 Å². The van der Waals surface area contributed by atoms with Gasteiger partial charge >= 0.3 is 358 Å². The number of thiophene rings is 4. The van der Waals surface area contributed by atoms with Gasteiger partial charge in [0, 0.05) is 0 Å². The molecule has 0 saturated carbocycles. The molecule has 2 atom stereocenters. The van der Waals surface area contributed by atoms with E-state index in [1.165, 1.54) is 128 Å². The first-order valence-corrected chi connectivity index (χ1v) is 47.3. The van der Waals surface area contributed by atoms with E-state index in [2.05, 4.69) is 141 Å². The van der Waals surface area contributed by atoms with Crippen LogP contribution in [-0.2, 0) is 25.7 Å². The minimum atomic E-state index is -2.42. The number of hydrogen-bond acceptors (Lipinski definition) is 4. The molecule has 0 aliphatic rings. The molecule has 0 saturated heterocycles. The molecule has 0 N–H and O–H groups in total. The molecule has 0 amide bonds. The quantitative estimate of drug-likeness (QED) is 0.0382. The SMILES string of the molecule is CCCCCCc1cc(-c2c3c[c]([Sn]([CH3])([CH3])[CH3])sc3c(-c3cc(CCCCCC)c(CC(CC)CCCC)s3)c3c[c]([Sn]([CH3])([CH3])[CH3])sc23)sc1CC(CC)CCCC. The van der Waals surface area contributed by atoms with Crippen LogP contribution in [0.1, 0.15) is 165 Å². The Morgan fingerprint density at radius 2 is 0.828 bits per heavy atom. The standard InChI is InChI=1S/C46H64S4.6CH3.2Sn/c1-7-13-17-19-23-35-31-41(49-39(35)29-33(11-5)21-15-9-3)43-37-25-27-48-46(37)44(38-26-28-47-45(38)43)42-32-36(24-20-18-14-8-2)40(50-42)30-34(12-6)22-16-10-4;;;;;;;;/h25-26,31-34H,7-24,29-30H2,1-6H3;6*1H3;;. The van der Waals surface area contributed by atoms with Gasteiger partial charge in [-0.2, -0.15) is 0 Å². The van der Waals surface area contributed by atoms with Crippen molar-refractivity contribution in [1.82, 2.24) is 0 Å². The zero-order valence-electron chi connectivity index (χ0n) is 39.2. The Bertz CT molecular complexity index is 1810. The summed E-state index contributed by atoms with van der Waals surface area (Å²) in [6, 6.07) is 11.0. The average molecular weight is 1070 g/mol. The smallest absolute Gasteiger partial charge is 0.0654 e. The summed E-state index contributed by atoms with van der Waals surface area (Å²) < 4.78 is 6.69. The summed E-state index contributed by atoms with van der Waals surface area (Å²) in [5.41, 5.74) is 6.57. The Labute approximate surface area is 381 Å². The molecule has 0 aliphatic carbocycles. The van der Waals surface area contributed by atoms with Crippen molar-refractivity contribution in [2.24, 2.45) is 11.8 Å². The molecule has 2 unspecified atom stereocenters. The van der Waals surface area contributed by atoms with Gasteiger partial charge in [0.1, 0.15) is 0 Å². The van der Waals surface area contributed by atoms with Crippen molar-refractivity contribution >= 4 is 108 Å². The third-order valence-corrected chi connectivity index (χ3v) is 36.4. The van der Waals surface area contributed by atoms with Crippen molar-refractivity contribution < 1.29 is 0 Å². The molecule has 5 aromatic rings. The van der Waals surface area contributed by atoms with Crippen LogP contribution in [0.5, 0.6) is 0 Å². The van der Waals surface area contributed by atoms with Crippen LogP contribution < -0.4 is 5.79 Å². The molecule has 5 rings (SSSR count). The van der Waals surface area contributed by atoms with Crippen LogP contribution in [0.25, 0.3) is 41.1 Å². The number of rotatable bonds is 26. The normalized spacial score (nSPS) is 13.7. The van der Waals surface area contributed by atoms with Gasteiger partial charge in [-0.25, -0.2) is 0 Å². The fourth-order valence-electron chi connectivity index (χ4n) is 8.84. The second-order valence-corrected chi connectivity index (χ2v) is 55.1. The third kappa shape index (κ3) is 12.7. The number of benzene rings is 1. The fourth-order valence-corrected chi connectivity index (χ4v) is 24.6. The molecular weight excluding hydrogens is 990 g/mol. The number of aryl methyl sites for hydroxylation is 2. The Balaban J connectivity index is 1.79. The first-order chi connectivity index (χ1) is 27.8. The predicted molar refractivity (Wildman–Crippen MR) is 280 cm³/mol. The summed E-state index contributed by atoms with van der Waals surface area (Å²) >= 11 is 4.00. The zero-order valence-corrected chi connectivity index (χ0v) is 48.2. The molecule has 4 aromatic heterocycles. The second-order valence-electron chi connectivity index (χ2n) is 19.9. The average Bonchev–Trinajstić information content (AvgIpc) is 3.99. The molecule has 0 bridgehead atoms. The fraction of sp³-hybridized carbons (Fsp3) is 0.654. The number of fused-ring (bicyclic) bond motifs is 2. The first kappa shape index (κ1) is 49.2. The van der Waals surface area contributed by atoms with Crippen molar-refractivity contribution in [3.8, 4) is 20.9 Å². The van der Waals surface area contributed by atoms with E-state index in [1.807, 2.05) is 0 Å². The minimum absolute atomic E-state index is 0.799. The Morgan fingerprint density at radius 1 is 0.448 bits per heavy atom. The van der Waals surface area contributed by atoms with E-state index in [0.717, 1.165) is 11.8 Å². The van der Waals surface area contributed by atoms with Gasteiger partial charge in [-0.05, 0) is 0 Å². The minimum Gasteiger partial charge on any atom is -0.0654 e. The van der Waals surface area contributed by atoms with E-state index < -0.39 is 36.8 Å². The van der Waals surface area contributed by atoms with Gasteiger partial charge in [-0.15, -0.1) is 0 Å². The van der Waals surface area contributed by atoms with Gasteiger partial charge in [0.2, 0.25) is 0 Å². The summed E-state index contributed by atoms with van der Waals surface area (Å²) in [6.07, 6.45) is 26.4. The molecule has 0 fully saturated rings. The molecule has 58 heavy (non-hydrogen) atoms. The maximum atomic E-state index is 2.75. The Hall–Kier alpha value is 0.137. The van der Waals surface area contributed by atoms with Gasteiger partial charge in [0.05, 0.1) is 0 Å². The molecule has 0 nitrogen and oxygen atoms in total. The van der Waals surface area contributed by atoms with Crippen LogP contribution in [0.2, 0.25) is 29.6 Å². The molecule has 0 spiro atoms. The summed E-state index contributed by atoms with van der Waals surface area (Å²) in [5, 5.41) is 3.17. The van der Waals surface area contributed by atoms with E-state index in [0.29, 0.717) is 0 Å². The van der Waals surface area contributed by atoms with Gasteiger partial charge < -0.3 is 0 Å². The summed E-state index contributed by atoms with van der Waals surface area (Å²) in [6.45, 7) is 14.3. The number of hydrogen-bond donors (Lipinski definition) is 0. The van der Waals surface area contributed by atoms with Crippen molar-refractivity contribution in [2.45, 2.75) is 200 Å². The van der Waals surface area contributed by atoms with Crippen LogP contribution in [0.15, 0.2) is 24.3 Å². The van der Waals surface area contributed by atoms with Crippen LogP contribution in [0.3, 0.4) is 0 Å². The van der Waals surface area contributed by atoms with E-state index in [1.54, 1.807) is 67.7 Å². The van der Waals surface area contributed by atoms with Crippen molar-refractivity contribution in [3.63, 3.8) is 0 Å². The van der Waals surface area contributed by atoms with Crippen molar-refractivity contribution in [1.29, 1.82) is 0 Å². The van der Waals surface area contributed by atoms with Gasteiger partial charge in [-0.3, -0.25) is 0 Å². The van der Waals surface area contributed by atoms with E-state index in [9.17, 15) is 0 Å². The predicted octanol–water partition coefficient (Wildman–Crippen LogP) is 18.4. The molecule has 322 valence electrons. The van der Waals surface area contributed by atoms with Crippen LogP contribution in [0.4, 0.5) is 0 Å². The van der Waals surface area contributed by atoms with Crippen LogP contribution in [-0.4, -0.2) is 36.8 Å². The summed E-state index contributed by atoms with van der Waals surface area (Å²) in [4.78, 5) is 22.4. The summed E-state index contributed by atoms with van der Waals surface area (Å²) in [7, 11) is 0. The molecular formula is C52H82S4Sn2. The first-order valence-electron chi connectivity index (χ1n) is 24.0. The maximum absolute atomic E-state index is 2.75. The van der Waals surface area contributed by atoms with E-state index in [4.69, 9.17) is 0 Å². The van der Waals surface area contributed by atoms with Crippen LogP contribution >= 0.6 is 45.3 Å². The van der Waals surface area contributed by atoms with Gasteiger partial charge in [-0.1, -0.05) is 27.7 Å². The molecule has 6 heteroatoms. The molecule has 4 heterocycles. The Morgan fingerprint density at radius 3 is 1.16 bits per heavy atom. The van der Waals surface area contributed by atoms with E-state index >= 15 is 0 Å². The summed E-state index contributed by atoms with van der Waals surface area (Å²) in [5.74, 6) is 1.60. The topological polar surface area (TPSA) is 0 Å². The third-order valence-electron chi connectivity index (χ3n) is 12.9. The second kappa shape index (κ2) is 23.2. The Kier molecular flexibility index (Phi) is 19.6. The molecule has 0 aliphatic heterocycles. The van der Waals surface area contributed by atoms with Crippen LogP contribution in [0, 0.1) is 11.8 Å². The monoisotopic (exact) mass is 1070 g/mol. The number of unbranched alkanes of at least 4 members (excludes halogenated alkanes) is 8.